The molecule has 0 aliphatic carbocycles. The highest BCUT2D eigenvalue weighted by atomic mass is 16.5. The molecule has 0 aliphatic rings. The topological polar surface area (TPSA) is 37.4 Å². The number of aromatic nitrogens is 1. The highest BCUT2D eigenvalue weighted by Gasteiger charge is 2.13. The van der Waals surface area contributed by atoms with Gasteiger partial charge in [-0.3, -0.25) is 0 Å². The lowest BCUT2D eigenvalue weighted by Crippen LogP contribution is -2.39. The number of hydrogen-bond donors (Lipinski definition) is 1. The van der Waals surface area contributed by atoms with Crippen LogP contribution >= 0.6 is 0 Å². The van der Waals surface area contributed by atoms with Crippen molar-refractivity contribution in [2.24, 2.45) is 11.8 Å². The van der Waals surface area contributed by atoms with Gasteiger partial charge in [-0.25, -0.2) is 4.98 Å². The Hall–Kier alpha value is -1.81. The Labute approximate surface area is 152 Å². The third-order valence-corrected chi connectivity index (χ3v) is 4.07. The first-order valence-electron chi connectivity index (χ1n) is 9.31. The molecule has 0 amide bonds. The molecule has 0 fully saturated rings. The molecule has 1 N–H and O–H groups in total. The van der Waals surface area contributed by atoms with Gasteiger partial charge < -0.3 is 15.0 Å². The summed E-state index contributed by atoms with van der Waals surface area (Å²) in [5.41, 5.74) is 0.985. The Morgan fingerprint density at radius 3 is 2.24 bits per heavy atom. The number of nitrogens with one attached hydrogen (secondary N) is 1. The Bertz CT molecular complexity index is 659. The molecule has 1 aromatic carbocycles. The minimum absolute atomic E-state index is 0.348. The van der Waals surface area contributed by atoms with Crippen LogP contribution in [0.5, 0.6) is 5.75 Å². The fraction of sp³-hybridized carbons (Fsp3) is 0.571. The van der Waals surface area contributed by atoms with Gasteiger partial charge in [0, 0.05) is 31.1 Å². The summed E-state index contributed by atoms with van der Waals surface area (Å²) >= 11 is 0. The minimum Gasteiger partial charge on any atom is -0.497 e. The van der Waals surface area contributed by atoms with Gasteiger partial charge >= 0.3 is 0 Å². The van der Waals surface area contributed by atoms with Crippen LogP contribution in [0.4, 0.5) is 5.82 Å². The number of ether oxygens (including phenoxy) is 1. The van der Waals surface area contributed by atoms with Crippen molar-refractivity contribution in [3.05, 3.63) is 30.3 Å². The number of benzene rings is 1. The molecule has 4 heteroatoms. The summed E-state index contributed by atoms with van der Waals surface area (Å²) in [6.45, 7) is 14.7. The SMILES string of the molecule is COc1ccc2nc(NC(C)CN(CC(C)C)CC(C)C)ccc2c1. The summed E-state index contributed by atoms with van der Waals surface area (Å²) in [5.74, 6) is 3.15. The van der Waals surface area contributed by atoms with E-state index in [1.807, 2.05) is 24.3 Å². The zero-order chi connectivity index (χ0) is 18.4. The van der Waals surface area contributed by atoms with Crippen molar-refractivity contribution in [1.29, 1.82) is 0 Å². The molecule has 2 aromatic rings. The Kier molecular flexibility index (Phi) is 7.06. The van der Waals surface area contributed by atoms with Crippen LogP contribution in [0.3, 0.4) is 0 Å². The molecule has 0 bridgehead atoms. The monoisotopic (exact) mass is 343 g/mol. The first-order valence-corrected chi connectivity index (χ1v) is 9.31. The highest BCUT2D eigenvalue weighted by molar-refractivity contribution is 5.81. The first kappa shape index (κ1) is 19.5. The average Bonchev–Trinajstić information content (AvgIpc) is 2.52. The van der Waals surface area contributed by atoms with Crippen molar-refractivity contribution < 1.29 is 4.74 Å². The Balaban J connectivity index is 2.03. The van der Waals surface area contributed by atoms with Crippen molar-refractivity contribution in [3.63, 3.8) is 0 Å². The molecule has 2 rings (SSSR count). The van der Waals surface area contributed by atoms with E-state index in [9.17, 15) is 0 Å². The van der Waals surface area contributed by atoms with Gasteiger partial charge in [-0.15, -0.1) is 0 Å². The third kappa shape index (κ3) is 6.20. The van der Waals surface area contributed by atoms with Crippen LogP contribution < -0.4 is 10.1 Å². The van der Waals surface area contributed by atoms with Crippen LogP contribution in [-0.2, 0) is 0 Å². The number of hydrogen-bond acceptors (Lipinski definition) is 4. The van der Waals surface area contributed by atoms with Crippen LogP contribution in [0.1, 0.15) is 34.6 Å². The van der Waals surface area contributed by atoms with Crippen LogP contribution in [0.25, 0.3) is 10.9 Å². The predicted octanol–water partition coefficient (Wildman–Crippen LogP) is 4.66. The second-order valence-electron chi connectivity index (χ2n) is 7.81. The standard InChI is InChI=1S/C21H33N3O/c1-15(2)12-24(13-16(3)4)14-17(5)22-21-10-7-18-11-19(25-6)8-9-20(18)23-21/h7-11,15-17H,12-14H2,1-6H3,(H,22,23). The summed E-state index contributed by atoms with van der Waals surface area (Å²) in [7, 11) is 1.69. The highest BCUT2D eigenvalue weighted by Crippen LogP contribution is 2.21. The lowest BCUT2D eigenvalue weighted by molar-refractivity contribution is 0.214. The van der Waals surface area contributed by atoms with Gasteiger partial charge in [-0.2, -0.15) is 0 Å². The van der Waals surface area contributed by atoms with Gasteiger partial charge in [0.05, 0.1) is 12.6 Å². The molecule has 0 saturated carbocycles. The lowest BCUT2D eigenvalue weighted by Gasteiger charge is -2.29. The molecule has 0 spiro atoms. The largest absolute Gasteiger partial charge is 0.497 e. The maximum atomic E-state index is 5.28. The van der Waals surface area contributed by atoms with E-state index in [0.717, 1.165) is 42.1 Å². The van der Waals surface area contributed by atoms with Crippen molar-refractivity contribution in [3.8, 4) is 5.75 Å². The first-order chi connectivity index (χ1) is 11.9. The summed E-state index contributed by atoms with van der Waals surface area (Å²) in [6.07, 6.45) is 0. The maximum absolute atomic E-state index is 5.28. The van der Waals surface area contributed by atoms with Gasteiger partial charge in [0.15, 0.2) is 0 Å². The van der Waals surface area contributed by atoms with Crippen LogP contribution in [0, 0.1) is 11.8 Å². The van der Waals surface area contributed by atoms with Crippen molar-refractivity contribution >= 4 is 16.7 Å². The zero-order valence-electron chi connectivity index (χ0n) is 16.5. The summed E-state index contributed by atoms with van der Waals surface area (Å²) in [4.78, 5) is 7.29. The number of pyridine rings is 1. The molecule has 1 aromatic heterocycles. The lowest BCUT2D eigenvalue weighted by atomic mass is 10.1. The van der Waals surface area contributed by atoms with Crippen LogP contribution in [-0.4, -0.2) is 42.7 Å². The van der Waals surface area contributed by atoms with Crippen LogP contribution in [0.2, 0.25) is 0 Å². The Morgan fingerprint density at radius 1 is 0.960 bits per heavy atom. The summed E-state index contributed by atoms with van der Waals surface area (Å²) in [6, 6.07) is 10.5. The maximum Gasteiger partial charge on any atom is 0.126 e. The number of nitrogens with zero attached hydrogens (tertiary/aromatic N) is 2. The van der Waals surface area contributed by atoms with E-state index >= 15 is 0 Å². The fourth-order valence-electron chi connectivity index (χ4n) is 3.25. The molecule has 138 valence electrons. The van der Waals surface area contributed by atoms with Crippen LogP contribution in [0.15, 0.2) is 30.3 Å². The predicted molar refractivity (Wildman–Crippen MR) is 107 cm³/mol. The Morgan fingerprint density at radius 2 is 1.64 bits per heavy atom. The van der Waals surface area contributed by atoms with E-state index in [-0.39, 0.29) is 0 Å². The van der Waals surface area contributed by atoms with Crippen molar-refractivity contribution in [1.82, 2.24) is 9.88 Å². The summed E-state index contributed by atoms with van der Waals surface area (Å²) < 4.78 is 5.28. The van der Waals surface area contributed by atoms with E-state index < -0.39 is 0 Å². The van der Waals surface area contributed by atoms with Gasteiger partial charge in [0.25, 0.3) is 0 Å². The molecule has 1 unspecified atom stereocenters. The third-order valence-electron chi connectivity index (χ3n) is 4.07. The molecule has 1 heterocycles. The van der Waals surface area contributed by atoms with E-state index in [4.69, 9.17) is 9.72 Å². The van der Waals surface area contributed by atoms with E-state index in [0.29, 0.717) is 17.9 Å². The van der Waals surface area contributed by atoms with E-state index in [2.05, 4.69) is 50.9 Å². The molecule has 1 atom stereocenters. The van der Waals surface area contributed by atoms with Gasteiger partial charge in [0.1, 0.15) is 11.6 Å². The molecule has 0 aliphatic heterocycles. The molecule has 0 saturated heterocycles. The van der Waals surface area contributed by atoms with Crippen molar-refractivity contribution in [2.45, 2.75) is 40.7 Å². The number of anilines is 1. The fourth-order valence-corrected chi connectivity index (χ4v) is 3.25. The smallest absolute Gasteiger partial charge is 0.126 e. The number of fused-ring (bicyclic) bond motifs is 1. The molecular formula is C21H33N3O. The molecular weight excluding hydrogens is 310 g/mol. The zero-order valence-corrected chi connectivity index (χ0v) is 16.5. The quantitative estimate of drug-likeness (QED) is 0.719. The van der Waals surface area contributed by atoms with E-state index in [1.165, 1.54) is 0 Å². The average molecular weight is 344 g/mol. The van der Waals surface area contributed by atoms with E-state index in [1.54, 1.807) is 7.11 Å². The molecule has 4 nitrogen and oxygen atoms in total. The number of methoxy groups -OCH3 is 1. The normalized spacial score (nSPS) is 13.0. The minimum atomic E-state index is 0.348. The second kappa shape index (κ2) is 9.04. The van der Waals surface area contributed by atoms with Gasteiger partial charge in [0.2, 0.25) is 0 Å². The molecule has 25 heavy (non-hydrogen) atoms. The summed E-state index contributed by atoms with van der Waals surface area (Å²) in [5, 5.41) is 4.65. The second-order valence-corrected chi connectivity index (χ2v) is 7.81. The van der Waals surface area contributed by atoms with Gasteiger partial charge in [-0.1, -0.05) is 27.7 Å². The van der Waals surface area contributed by atoms with Crippen molar-refractivity contribution in [2.75, 3.05) is 32.1 Å². The molecule has 0 radical (unpaired) electrons. The number of rotatable bonds is 9. The van der Waals surface area contributed by atoms with Gasteiger partial charge in [-0.05, 0) is 49.1 Å².